The maximum Gasteiger partial charge on any atom is 0.278 e. The van der Waals surface area contributed by atoms with Gasteiger partial charge in [-0.15, -0.1) is 11.8 Å². The first kappa shape index (κ1) is 24.4. The molecule has 0 aromatic carbocycles. The summed E-state index contributed by atoms with van der Waals surface area (Å²) in [6, 6.07) is 5.99. The summed E-state index contributed by atoms with van der Waals surface area (Å²) in [6.45, 7) is 0.293. The number of carbonyl (C=O) groups is 3. The zero-order valence-corrected chi connectivity index (χ0v) is 20.3. The van der Waals surface area contributed by atoms with Crippen LogP contribution in [0, 0.1) is 0 Å². The summed E-state index contributed by atoms with van der Waals surface area (Å²) in [7, 11) is 0. The molecule has 13 heteroatoms. The second kappa shape index (κ2) is 10.4. The van der Waals surface area contributed by atoms with Gasteiger partial charge in [0, 0.05) is 29.7 Å². The summed E-state index contributed by atoms with van der Waals surface area (Å²) in [6.07, 6.45) is 10.0. The fourth-order valence-electron chi connectivity index (χ4n) is 4.25. The number of aliphatic carboxylic acids is 1. The van der Waals surface area contributed by atoms with Gasteiger partial charge in [-0.3, -0.25) is 14.5 Å². The van der Waals surface area contributed by atoms with Crippen molar-refractivity contribution < 1.29 is 28.9 Å². The largest absolute Gasteiger partial charge is 0.543 e. The van der Waals surface area contributed by atoms with Crippen molar-refractivity contribution in [2.24, 2.45) is 5.16 Å². The van der Waals surface area contributed by atoms with E-state index in [2.05, 4.69) is 20.4 Å². The number of anilines is 1. The number of hydrogen-bond acceptors (Lipinski definition) is 10. The number of hydrogen-bond donors (Lipinski definition) is 2. The van der Waals surface area contributed by atoms with E-state index in [1.54, 1.807) is 12.4 Å². The number of thioether (sulfide) groups is 1. The molecule has 1 saturated heterocycles. The van der Waals surface area contributed by atoms with E-state index in [0.717, 1.165) is 6.42 Å². The number of oxime groups is 1. The summed E-state index contributed by atoms with van der Waals surface area (Å²) in [4.78, 5) is 53.1. The van der Waals surface area contributed by atoms with Gasteiger partial charge in [0.25, 0.3) is 11.8 Å². The number of fused-ring (bicyclic) bond motifs is 1. The Bertz CT molecular complexity index is 1330. The van der Waals surface area contributed by atoms with E-state index in [9.17, 15) is 19.5 Å². The zero-order valence-electron chi connectivity index (χ0n) is 19.5. The van der Waals surface area contributed by atoms with Gasteiger partial charge in [0.1, 0.15) is 23.3 Å². The number of β-lactam (4-membered cyclic amide) rings is 1. The number of carbonyl (C=O) groups excluding carboxylic acids is 3. The SMILES string of the molecule is Nc1ccnc(C(=NOC2C=CCC2)C(=O)NC2C(=O)N3C(C(=O)[O-])=C(C[n+]4ccccc4)CS[C@H]23)n1. The average Bonchev–Trinajstić information content (AvgIpc) is 3.41. The highest BCUT2D eigenvalue weighted by molar-refractivity contribution is 8.00. The van der Waals surface area contributed by atoms with Gasteiger partial charge in [0.2, 0.25) is 5.71 Å². The maximum absolute atomic E-state index is 13.2. The van der Waals surface area contributed by atoms with Gasteiger partial charge in [-0.25, -0.2) is 14.5 Å². The van der Waals surface area contributed by atoms with Crippen molar-refractivity contribution in [2.45, 2.75) is 36.9 Å². The number of nitrogens with zero attached hydrogens (tertiary/aromatic N) is 5. The molecule has 2 amide bonds. The summed E-state index contributed by atoms with van der Waals surface area (Å²) in [5.74, 6) is -2.32. The minimum absolute atomic E-state index is 0.0584. The molecule has 2 unspecified atom stereocenters. The Labute approximate surface area is 215 Å². The molecule has 2 aromatic rings. The predicted molar refractivity (Wildman–Crippen MR) is 130 cm³/mol. The lowest BCUT2D eigenvalue weighted by atomic mass is 10.0. The molecule has 1 fully saturated rings. The summed E-state index contributed by atoms with van der Waals surface area (Å²) in [5.41, 5.74) is 5.89. The van der Waals surface area contributed by atoms with Crippen LogP contribution in [-0.2, 0) is 25.8 Å². The predicted octanol–water partition coefficient (Wildman–Crippen LogP) is -1.11. The number of carboxylic acid groups (broad SMARTS) is 1. The number of rotatable bonds is 8. The molecule has 37 heavy (non-hydrogen) atoms. The highest BCUT2D eigenvalue weighted by Crippen LogP contribution is 2.40. The zero-order chi connectivity index (χ0) is 25.9. The van der Waals surface area contributed by atoms with Gasteiger partial charge in [-0.1, -0.05) is 17.3 Å². The van der Waals surface area contributed by atoms with Gasteiger partial charge in [0.05, 0.1) is 11.7 Å². The van der Waals surface area contributed by atoms with Gasteiger partial charge in [-0.05, 0) is 25.0 Å². The molecular formula is C24H23N7O5S. The fourth-order valence-corrected chi connectivity index (χ4v) is 5.58. The van der Waals surface area contributed by atoms with Crippen molar-refractivity contribution in [3.05, 3.63) is 72.1 Å². The first-order valence-corrected chi connectivity index (χ1v) is 12.6. The number of aromatic nitrogens is 3. The number of nitrogens with two attached hydrogens (primary N) is 1. The lowest BCUT2D eigenvalue weighted by Crippen LogP contribution is -2.71. The maximum atomic E-state index is 13.2. The van der Waals surface area contributed by atoms with Gasteiger partial charge < -0.3 is 25.8 Å². The van der Waals surface area contributed by atoms with E-state index in [1.165, 1.54) is 28.9 Å². The Kier molecular flexibility index (Phi) is 6.86. The van der Waals surface area contributed by atoms with Crippen molar-refractivity contribution in [3.8, 4) is 0 Å². The summed E-state index contributed by atoms with van der Waals surface area (Å²) >= 11 is 1.36. The molecular weight excluding hydrogens is 498 g/mol. The molecule has 12 nitrogen and oxygen atoms in total. The van der Waals surface area contributed by atoms with Crippen molar-refractivity contribution in [2.75, 3.05) is 11.5 Å². The highest BCUT2D eigenvalue weighted by Gasteiger charge is 2.53. The Morgan fingerprint density at radius 2 is 2.14 bits per heavy atom. The minimum atomic E-state index is -1.44. The van der Waals surface area contributed by atoms with Crippen LogP contribution in [0.1, 0.15) is 18.7 Å². The normalized spacial score (nSPS) is 22.9. The van der Waals surface area contributed by atoms with Crippen molar-refractivity contribution in [1.82, 2.24) is 20.2 Å². The van der Waals surface area contributed by atoms with Crippen molar-refractivity contribution >= 4 is 41.1 Å². The van der Waals surface area contributed by atoms with Crippen molar-refractivity contribution in [1.29, 1.82) is 0 Å². The van der Waals surface area contributed by atoms with Gasteiger partial charge in [0.15, 0.2) is 24.8 Å². The number of pyridine rings is 1. The Morgan fingerprint density at radius 1 is 1.32 bits per heavy atom. The molecule has 3 aliphatic rings. The molecule has 0 radical (unpaired) electrons. The van der Waals surface area contributed by atoms with Gasteiger partial charge >= 0.3 is 0 Å². The van der Waals surface area contributed by atoms with Crippen LogP contribution in [0.4, 0.5) is 5.82 Å². The van der Waals surface area contributed by atoms with Crippen LogP contribution < -0.4 is 20.7 Å². The third-order valence-electron chi connectivity index (χ3n) is 6.03. The van der Waals surface area contributed by atoms with E-state index in [4.69, 9.17) is 10.6 Å². The van der Waals surface area contributed by atoms with Gasteiger partial charge in [-0.2, -0.15) is 0 Å². The topological polar surface area (TPSA) is 167 Å². The van der Waals surface area contributed by atoms with Crippen molar-refractivity contribution in [3.63, 3.8) is 0 Å². The third-order valence-corrected chi connectivity index (χ3v) is 7.37. The molecule has 0 bridgehead atoms. The van der Waals surface area contributed by atoms with E-state index in [0.29, 0.717) is 24.3 Å². The second-order valence-electron chi connectivity index (χ2n) is 8.54. The van der Waals surface area contributed by atoms with Crippen LogP contribution in [0.15, 0.2) is 71.4 Å². The lowest BCUT2D eigenvalue weighted by molar-refractivity contribution is -0.689. The first-order valence-electron chi connectivity index (χ1n) is 11.5. The molecule has 2 aromatic heterocycles. The highest BCUT2D eigenvalue weighted by atomic mass is 32.2. The number of amides is 2. The lowest BCUT2D eigenvalue weighted by Gasteiger charge is -2.50. The average molecular weight is 522 g/mol. The van der Waals surface area contributed by atoms with E-state index < -0.39 is 29.2 Å². The molecule has 0 saturated carbocycles. The van der Waals surface area contributed by atoms with Crippen LogP contribution in [0.2, 0.25) is 0 Å². The van der Waals surface area contributed by atoms with E-state index in [-0.39, 0.29) is 29.2 Å². The summed E-state index contributed by atoms with van der Waals surface area (Å²) in [5, 5.41) is 18.0. The Morgan fingerprint density at radius 3 is 2.84 bits per heavy atom. The molecule has 0 spiro atoms. The fraction of sp³-hybridized carbons (Fsp3) is 0.292. The minimum Gasteiger partial charge on any atom is -0.543 e. The Hall–Kier alpha value is -4.26. The summed E-state index contributed by atoms with van der Waals surface area (Å²) < 4.78 is 1.82. The number of allylic oxidation sites excluding steroid dienone is 1. The van der Waals surface area contributed by atoms with Crippen LogP contribution in [-0.4, -0.2) is 61.6 Å². The van der Waals surface area contributed by atoms with Crippen LogP contribution in [0.5, 0.6) is 0 Å². The molecule has 2 aliphatic heterocycles. The number of carboxylic acids is 1. The number of nitrogen functional groups attached to an aromatic ring is 1. The molecule has 4 heterocycles. The molecule has 3 atom stereocenters. The Balaban J connectivity index is 1.35. The van der Waals surface area contributed by atoms with E-state index in [1.807, 2.05) is 34.9 Å². The van der Waals surface area contributed by atoms with Crippen LogP contribution >= 0.6 is 11.8 Å². The molecule has 190 valence electrons. The van der Waals surface area contributed by atoms with Crippen LogP contribution in [0.25, 0.3) is 0 Å². The smallest absolute Gasteiger partial charge is 0.278 e. The monoisotopic (exact) mass is 521 g/mol. The standard InChI is InChI=1S/C24H23N7O5S/c25-16-8-9-26-20(27-16)17(29-36-15-6-2-3-7-15)21(32)28-18-22(33)31-19(24(34)35)14(13-37-23(18)31)12-30-10-4-1-5-11-30/h1-2,4-6,8-11,15,18,23H,3,7,12-13H2,(H3-,25,26,27,28,32,34,35)/t15?,18?,23-/m1/s1. The number of nitrogens with one attached hydrogen (secondary N) is 1. The molecule has 5 rings (SSSR count). The molecule has 1 aliphatic carbocycles. The van der Waals surface area contributed by atoms with E-state index >= 15 is 0 Å². The third kappa shape index (κ3) is 5.03. The quantitative estimate of drug-likeness (QED) is 0.144. The first-order chi connectivity index (χ1) is 17.9. The molecule has 3 N–H and O–H groups in total. The van der Waals surface area contributed by atoms with Crippen LogP contribution in [0.3, 0.4) is 0 Å². The second-order valence-corrected chi connectivity index (χ2v) is 9.65.